The van der Waals surface area contributed by atoms with E-state index in [2.05, 4.69) is 71.4 Å². The summed E-state index contributed by atoms with van der Waals surface area (Å²) in [6.45, 7) is 4.61. The third-order valence-electron chi connectivity index (χ3n) is 3.66. The van der Waals surface area contributed by atoms with Gasteiger partial charge in [-0.2, -0.15) is 0 Å². The molecule has 1 aliphatic carbocycles. The van der Waals surface area contributed by atoms with Gasteiger partial charge in [-0.05, 0) is 24.6 Å². The van der Waals surface area contributed by atoms with Crippen LogP contribution in [0.2, 0.25) is 0 Å². The molecule has 0 N–H and O–H groups in total. The maximum Gasteiger partial charge on any atom is 0.114 e. The molecule has 96 valence electrons. The van der Waals surface area contributed by atoms with Gasteiger partial charge in [0.25, 0.3) is 0 Å². The van der Waals surface area contributed by atoms with E-state index in [1.165, 1.54) is 5.57 Å². The van der Waals surface area contributed by atoms with Crippen LogP contribution in [0.5, 0.6) is 0 Å². The van der Waals surface area contributed by atoms with E-state index in [4.69, 9.17) is 0 Å². The first-order valence-electron chi connectivity index (χ1n) is 6.67. The van der Waals surface area contributed by atoms with Crippen LogP contribution in [0.25, 0.3) is 0 Å². The predicted molar refractivity (Wildman–Crippen MR) is 82.6 cm³/mol. The summed E-state index contributed by atoms with van der Waals surface area (Å²) in [5.41, 5.74) is 3.13. The molecule has 0 saturated heterocycles. The van der Waals surface area contributed by atoms with Crippen molar-refractivity contribution in [2.45, 2.75) is 13.8 Å². The first kappa shape index (κ1) is 13.3. The van der Waals surface area contributed by atoms with Crippen LogP contribution in [-0.4, -0.2) is 35.1 Å². The Hall–Kier alpha value is -1.12. The molecule has 1 aliphatic rings. The highest BCUT2D eigenvalue weighted by molar-refractivity contribution is 6.62. The Balaban J connectivity index is 2.39. The second-order valence-electron chi connectivity index (χ2n) is 6.18. The molecule has 18 heavy (non-hydrogen) atoms. The van der Waals surface area contributed by atoms with Crippen LogP contribution in [-0.2, 0) is 0 Å². The predicted octanol–water partition coefficient (Wildman–Crippen LogP) is 1.99. The molecule has 1 nitrogen and oxygen atoms in total. The molecular weight excluding hydrogens is 234 g/mol. The lowest BCUT2D eigenvalue weighted by Gasteiger charge is -2.29. The number of benzene rings is 1. The smallest absolute Gasteiger partial charge is 0.114 e. The number of hydrogen-bond acceptors (Lipinski definition) is 0. The molecule has 1 aromatic carbocycles. The Morgan fingerprint density at radius 2 is 1.67 bits per heavy atom. The van der Waals surface area contributed by atoms with Crippen molar-refractivity contribution < 1.29 is 4.48 Å². The maximum absolute atomic E-state index is 2.43. The average Bonchev–Trinajstić information content (AvgIpc) is 2.54. The highest BCUT2D eigenvalue weighted by Crippen LogP contribution is 2.33. The molecular formula is C16H24NSi+. The molecule has 0 bridgehead atoms. The minimum absolute atomic E-state index is 0.346. The molecule has 0 radical (unpaired) electrons. The van der Waals surface area contributed by atoms with Gasteiger partial charge in [0.05, 0.1) is 30.7 Å². The van der Waals surface area contributed by atoms with Crippen molar-refractivity contribution >= 4 is 14.7 Å². The molecule has 0 aliphatic heterocycles. The van der Waals surface area contributed by atoms with Crippen molar-refractivity contribution in [3.63, 3.8) is 0 Å². The fourth-order valence-corrected chi connectivity index (χ4v) is 5.37. The lowest BCUT2D eigenvalue weighted by molar-refractivity contribution is -0.834. The monoisotopic (exact) mass is 258 g/mol. The minimum Gasteiger partial charge on any atom is -0.302 e. The lowest BCUT2D eigenvalue weighted by atomic mass is 10.1. The fraction of sp³-hybridized carbons (Fsp3) is 0.375. The maximum atomic E-state index is 2.43. The van der Waals surface area contributed by atoms with Crippen LogP contribution in [0.4, 0.5) is 0 Å². The number of allylic oxidation sites excluding steroid dienone is 3. The van der Waals surface area contributed by atoms with Gasteiger partial charge in [0.1, 0.15) is 5.70 Å². The topological polar surface area (TPSA) is 0 Å². The number of hydrogen-bond donors (Lipinski definition) is 0. The standard InChI is InChI=1S/C16H24NSi/c1-12-11-13(2)16(15(12)17(3,4)5)18-14-9-7-6-8-10-14/h6-12H,18H2,1-5H3/q+1. The van der Waals surface area contributed by atoms with Crippen LogP contribution < -0.4 is 5.19 Å². The van der Waals surface area contributed by atoms with Crippen molar-refractivity contribution in [3.8, 4) is 0 Å². The van der Waals surface area contributed by atoms with Crippen molar-refractivity contribution in [1.82, 2.24) is 0 Å². The van der Waals surface area contributed by atoms with E-state index in [1.807, 2.05) is 0 Å². The summed E-state index contributed by atoms with van der Waals surface area (Å²) >= 11 is 0. The zero-order chi connectivity index (χ0) is 13.3. The average molecular weight is 258 g/mol. The van der Waals surface area contributed by atoms with Crippen LogP contribution in [0.1, 0.15) is 13.8 Å². The Kier molecular flexibility index (Phi) is 3.60. The first-order valence-corrected chi connectivity index (χ1v) is 8.09. The Morgan fingerprint density at radius 3 is 2.22 bits per heavy atom. The van der Waals surface area contributed by atoms with Crippen molar-refractivity contribution in [3.05, 3.63) is 52.9 Å². The molecule has 0 saturated carbocycles. The summed E-state index contributed by atoms with van der Waals surface area (Å²) in [7, 11) is 6.52. The summed E-state index contributed by atoms with van der Waals surface area (Å²) in [4.78, 5) is 0. The SMILES string of the molecule is CC1=CC(C)C([N+](C)(C)C)=C1[SiH2]c1ccccc1. The Bertz CT molecular complexity index is 492. The highest BCUT2D eigenvalue weighted by atomic mass is 28.2. The molecule has 0 fully saturated rings. The quantitative estimate of drug-likeness (QED) is 0.575. The summed E-state index contributed by atoms with van der Waals surface area (Å²) in [6.07, 6.45) is 2.43. The van der Waals surface area contributed by atoms with Gasteiger partial charge in [-0.1, -0.05) is 41.6 Å². The zero-order valence-electron chi connectivity index (χ0n) is 12.2. The molecule has 2 heteroatoms. The van der Waals surface area contributed by atoms with E-state index < -0.39 is 0 Å². The minimum atomic E-state index is -0.346. The second-order valence-corrected chi connectivity index (χ2v) is 8.05. The van der Waals surface area contributed by atoms with Gasteiger partial charge in [-0.15, -0.1) is 0 Å². The van der Waals surface area contributed by atoms with Crippen LogP contribution in [0, 0.1) is 5.92 Å². The van der Waals surface area contributed by atoms with Crippen LogP contribution in [0.15, 0.2) is 52.9 Å². The molecule has 0 aromatic heterocycles. The summed E-state index contributed by atoms with van der Waals surface area (Å²) in [6, 6.07) is 11.0. The van der Waals surface area contributed by atoms with E-state index in [0.717, 1.165) is 4.48 Å². The largest absolute Gasteiger partial charge is 0.302 e. The van der Waals surface area contributed by atoms with Crippen molar-refractivity contribution in [1.29, 1.82) is 0 Å². The second kappa shape index (κ2) is 4.86. The van der Waals surface area contributed by atoms with Gasteiger partial charge in [-0.25, -0.2) is 0 Å². The number of nitrogens with zero attached hydrogens (tertiary/aromatic N) is 1. The summed E-state index contributed by atoms with van der Waals surface area (Å²) in [5.74, 6) is 0.594. The normalized spacial score (nSPS) is 20.9. The lowest BCUT2D eigenvalue weighted by Crippen LogP contribution is -2.37. The van der Waals surface area contributed by atoms with E-state index in [9.17, 15) is 0 Å². The molecule has 1 unspecified atom stereocenters. The Labute approximate surface area is 113 Å². The third-order valence-corrected chi connectivity index (χ3v) is 5.82. The third kappa shape index (κ3) is 2.65. The van der Waals surface area contributed by atoms with Crippen LogP contribution in [0.3, 0.4) is 0 Å². The van der Waals surface area contributed by atoms with Gasteiger partial charge in [-0.3, -0.25) is 0 Å². The molecule has 0 amide bonds. The molecule has 1 atom stereocenters. The number of rotatable bonds is 3. The molecule has 1 aromatic rings. The van der Waals surface area contributed by atoms with E-state index in [0.29, 0.717) is 5.92 Å². The molecule has 0 heterocycles. The van der Waals surface area contributed by atoms with E-state index in [1.54, 1.807) is 16.1 Å². The van der Waals surface area contributed by atoms with Gasteiger partial charge >= 0.3 is 0 Å². The Morgan fingerprint density at radius 1 is 1.06 bits per heavy atom. The molecule has 0 spiro atoms. The fourth-order valence-electron chi connectivity index (χ4n) is 3.08. The van der Waals surface area contributed by atoms with Gasteiger partial charge in [0.2, 0.25) is 0 Å². The van der Waals surface area contributed by atoms with E-state index in [-0.39, 0.29) is 9.52 Å². The first-order chi connectivity index (χ1) is 8.39. The van der Waals surface area contributed by atoms with E-state index >= 15 is 0 Å². The molecule has 2 rings (SSSR count). The van der Waals surface area contributed by atoms with Crippen molar-refractivity contribution in [2.75, 3.05) is 21.1 Å². The van der Waals surface area contributed by atoms with Crippen molar-refractivity contribution in [2.24, 2.45) is 5.92 Å². The number of quaternary nitrogens is 1. The van der Waals surface area contributed by atoms with Gasteiger partial charge < -0.3 is 4.48 Å². The van der Waals surface area contributed by atoms with Crippen LogP contribution >= 0.6 is 0 Å². The summed E-state index contributed by atoms with van der Waals surface area (Å²) in [5, 5.41) is 3.21. The summed E-state index contributed by atoms with van der Waals surface area (Å²) < 4.78 is 0.962. The van der Waals surface area contributed by atoms with Gasteiger partial charge in [0.15, 0.2) is 0 Å². The zero-order valence-corrected chi connectivity index (χ0v) is 13.6. The highest BCUT2D eigenvalue weighted by Gasteiger charge is 2.31. The van der Waals surface area contributed by atoms with Gasteiger partial charge in [0, 0.05) is 5.92 Å².